The summed E-state index contributed by atoms with van der Waals surface area (Å²) in [6, 6.07) is 3.26. The average Bonchev–Trinajstić information content (AvgIpc) is 2.32. The number of phenols is 1. The second kappa shape index (κ2) is 6.54. The summed E-state index contributed by atoms with van der Waals surface area (Å²) < 4.78 is 12.9. The minimum atomic E-state index is -0.555. The van der Waals surface area contributed by atoms with Crippen molar-refractivity contribution < 1.29 is 14.3 Å². The largest absolute Gasteiger partial charge is 0.507 e. The van der Waals surface area contributed by atoms with Gasteiger partial charge in [0.15, 0.2) is 0 Å². The molecule has 0 bridgehead atoms. The van der Waals surface area contributed by atoms with E-state index in [4.69, 9.17) is 6.42 Å². The van der Waals surface area contributed by atoms with E-state index in [0.717, 1.165) is 31.0 Å². The Hall–Kier alpha value is -2.02. The molecular weight excluding hydrogens is 221 g/mol. The summed E-state index contributed by atoms with van der Waals surface area (Å²) in [4.78, 5) is 11.6. The number of terminal acetylenes is 1. The Labute approximate surface area is 99.7 Å². The second-order valence-electron chi connectivity index (χ2n) is 3.58. The number of halogens is 1. The van der Waals surface area contributed by atoms with Gasteiger partial charge in [0.1, 0.15) is 11.6 Å². The van der Waals surface area contributed by atoms with E-state index in [1.807, 2.05) is 0 Å². The number of carbonyl (C=O) groups is 1. The highest BCUT2D eigenvalue weighted by Crippen LogP contribution is 2.17. The molecule has 0 radical (unpaired) electrons. The van der Waals surface area contributed by atoms with Crippen LogP contribution in [-0.4, -0.2) is 17.6 Å². The van der Waals surface area contributed by atoms with Crippen molar-refractivity contribution >= 4 is 5.91 Å². The van der Waals surface area contributed by atoms with Crippen LogP contribution in [0.3, 0.4) is 0 Å². The number of hydrogen-bond donors (Lipinski definition) is 2. The van der Waals surface area contributed by atoms with E-state index >= 15 is 0 Å². The molecule has 0 fully saturated rings. The van der Waals surface area contributed by atoms with Crippen LogP contribution in [0.5, 0.6) is 5.75 Å². The van der Waals surface area contributed by atoms with E-state index in [2.05, 4.69) is 11.2 Å². The molecule has 1 rings (SSSR count). The first-order valence-corrected chi connectivity index (χ1v) is 5.35. The monoisotopic (exact) mass is 235 g/mol. The summed E-state index contributed by atoms with van der Waals surface area (Å²) >= 11 is 0. The lowest BCUT2D eigenvalue weighted by Gasteiger charge is -2.06. The van der Waals surface area contributed by atoms with Crippen molar-refractivity contribution in [3.63, 3.8) is 0 Å². The van der Waals surface area contributed by atoms with Gasteiger partial charge in [-0.1, -0.05) is 0 Å². The van der Waals surface area contributed by atoms with Crippen molar-refractivity contribution in [1.82, 2.24) is 5.32 Å². The molecule has 0 aliphatic carbocycles. The molecule has 0 aliphatic rings. The summed E-state index contributed by atoms with van der Waals surface area (Å²) in [6.07, 6.45) is 7.34. The van der Waals surface area contributed by atoms with Gasteiger partial charge in [-0.15, -0.1) is 12.3 Å². The smallest absolute Gasteiger partial charge is 0.255 e. The summed E-state index contributed by atoms with van der Waals surface area (Å²) in [6.45, 7) is 0.455. The average molecular weight is 235 g/mol. The van der Waals surface area contributed by atoms with Gasteiger partial charge in [0.05, 0.1) is 5.56 Å². The number of amides is 1. The number of rotatable bonds is 5. The lowest BCUT2D eigenvalue weighted by Crippen LogP contribution is -2.24. The molecule has 1 amide bonds. The van der Waals surface area contributed by atoms with Gasteiger partial charge in [-0.05, 0) is 31.0 Å². The molecule has 3 nitrogen and oxygen atoms in total. The summed E-state index contributed by atoms with van der Waals surface area (Å²) in [7, 11) is 0. The Morgan fingerprint density at radius 2 is 2.24 bits per heavy atom. The van der Waals surface area contributed by atoms with E-state index in [-0.39, 0.29) is 11.3 Å². The van der Waals surface area contributed by atoms with Crippen molar-refractivity contribution in [2.45, 2.75) is 19.3 Å². The third-order valence-corrected chi connectivity index (χ3v) is 2.24. The Balaban J connectivity index is 2.47. The Morgan fingerprint density at radius 3 is 2.94 bits per heavy atom. The number of carbonyl (C=O) groups excluding carboxylic acids is 1. The zero-order chi connectivity index (χ0) is 12.7. The summed E-state index contributed by atoms with van der Waals surface area (Å²) in [5, 5.41) is 12.0. The number of benzene rings is 1. The molecule has 4 heteroatoms. The predicted molar refractivity (Wildman–Crippen MR) is 63.1 cm³/mol. The van der Waals surface area contributed by atoms with Crippen LogP contribution < -0.4 is 5.32 Å². The van der Waals surface area contributed by atoms with E-state index in [1.165, 1.54) is 0 Å². The van der Waals surface area contributed by atoms with E-state index in [0.29, 0.717) is 13.0 Å². The van der Waals surface area contributed by atoms with Crippen LogP contribution in [-0.2, 0) is 0 Å². The second-order valence-corrected chi connectivity index (χ2v) is 3.58. The molecule has 0 atom stereocenters. The van der Waals surface area contributed by atoms with Gasteiger partial charge in [-0.3, -0.25) is 4.79 Å². The van der Waals surface area contributed by atoms with Crippen molar-refractivity contribution in [3.8, 4) is 18.1 Å². The van der Waals surface area contributed by atoms with Gasteiger partial charge in [-0.2, -0.15) is 0 Å². The number of nitrogens with one attached hydrogen (secondary N) is 1. The lowest BCUT2D eigenvalue weighted by atomic mass is 10.1. The van der Waals surface area contributed by atoms with Crippen LogP contribution in [0.2, 0.25) is 0 Å². The fraction of sp³-hybridized carbons (Fsp3) is 0.308. The Kier molecular flexibility index (Phi) is 5.02. The topological polar surface area (TPSA) is 49.3 Å². The van der Waals surface area contributed by atoms with Crippen LogP contribution in [0.15, 0.2) is 18.2 Å². The fourth-order valence-corrected chi connectivity index (χ4v) is 1.34. The minimum absolute atomic E-state index is 0.0538. The quantitative estimate of drug-likeness (QED) is 0.606. The van der Waals surface area contributed by atoms with Gasteiger partial charge in [0, 0.05) is 13.0 Å². The molecule has 1 aromatic carbocycles. The Bertz CT molecular complexity index is 438. The third-order valence-electron chi connectivity index (χ3n) is 2.24. The molecule has 0 spiro atoms. The standard InChI is InChI=1S/C13H14FNO2/c1-2-3-4-5-8-15-13(17)11-9-10(14)6-7-12(11)16/h1,6-7,9,16H,3-5,8H2,(H,15,17). The maximum absolute atomic E-state index is 12.9. The normalized spacial score (nSPS) is 9.65. The van der Waals surface area contributed by atoms with Crippen LogP contribution in [0.4, 0.5) is 4.39 Å². The number of phenolic OH excluding ortho intramolecular Hbond substituents is 1. The predicted octanol–water partition coefficient (Wildman–Crippen LogP) is 2.06. The molecule has 1 aromatic rings. The molecule has 0 aromatic heterocycles. The van der Waals surface area contributed by atoms with Crippen LogP contribution >= 0.6 is 0 Å². The molecule has 0 saturated heterocycles. The number of hydrogen-bond acceptors (Lipinski definition) is 2. The number of unbranched alkanes of at least 4 members (excludes halogenated alkanes) is 2. The van der Waals surface area contributed by atoms with Gasteiger partial charge in [-0.25, -0.2) is 4.39 Å². The molecule has 0 heterocycles. The molecule has 17 heavy (non-hydrogen) atoms. The van der Waals surface area contributed by atoms with E-state index in [9.17, 15) is 14.3 Å². The van der Waals surface area contributed by atoms with Gasteiger partial charge in [0.25, 0.3) is 5.91 Å². The van der Waals surface area contributed by atoms with Crippen LogP contribution in [0.1, 0.15) is 29.6 Å². The molecular formula is C13H14FNO2. The molecule has 0 aliphatic heterocycles. The third kappa shape index (κ3) is 4.15. The molecule has 0 saturated carbocycles. The summed E-state index contributed by atoms with van der Waals surface area (Å²) in [5.41, 5.74) is -0.0538. The van der Waals surface area contributed by atoms with Crippen molar-refractivity contribution in [2.24, 2.45) is 0 Å². The molecule has 0 unspecified atom stereocenters. The van der Waals surface area contributed by atoms with Gasteiger partial charge in [0.2, 0.25) is 0 Å². The van der Waals surface area contributed by atoms with Crippen LogP contribution in [0, 0.1) is 18.2 Å². The zero-order valence-corrected chi connectivity index (χ0v) is 9.37. The lowest BCUT2D eigenvalue weighted by molar-refractivity contribution is 0.0950. The first-order chi connectivity index (χ1) is 8.15. The highest BCUT2D eigenvalue weighted by Gasteiger charge is 2.11. The van der Waals surface area contributed by atoms with Crippen molar-refractivity contribution in [2.75, 3.05) is 6.54 Å². The van der Waals surface area contributed by atoms with Crippen molar-refractivity contribution in [3.05, 3.63) is 29.6 Å². The highest BCUT2D eigenvalue weighted by molar-refractivity contribution is 5.96. The SMILES string of the molecule is C#CCCCCNC(=O)c1cc(F)ccc1O. The maximum Gasteiger partial charge on any atom is 0.255 e. The highest BCUT2D eigenvalue weighted by atomic mass is 19.1. The van der Waals surface area contributed by atoms with E-state index in [1.54, 1.807) is 0 Å². The van der Waals surface area contributed by atoms with Gasteiger partial charge >= 0.3 is 0 Å². The van der Waals surface area contributed by atoms with Gasteiger partial charge < -0.3 is 10.4 Å². The number of aromatic hydroxyl groups is 1. The van der Waals surface area contributed by atoms with Crippen LogP contribution in [0.25, 0.3) is 0 Å². The fourth-order valence-electron chi connectivity index (χ4n) is 1.34. The minimum Gasteiger partial charge on any atom is -0.507 e. The van der Waals surface area contributed by atoms with Crippen molar-refractivity contribution in [1.29, 1.82) is 0 Å². The summed E-state index contributed by atoms with van der Waals surface area (Å²) in [5.74, 6) is 1.23. The first-order valence-electron chi connectivity index (χ1n) is 5.35. The maximum atomic E-state index is 12.9. The first kappa shape index (κ1) is 13.0. The van der Waals surface area contributed by atoms with E-state index < -0.39 is 11.7 Å². The zero-order valence-electron chi connectivity index (χ0n) is 9.37. The Morgan fingerprint density at radius 1 is 1.47 bits per heavy atom. The molecule has 90 valence electrons. The molecule has 2 N–H and O–H groups in total.